The standard InChI is InChI=1S/C14H20N2O3S2/c1-10(17)13-6-7-16(8-13)21(18,19)9-11-2-4-12(5-3-11)14(15)20/h2-5,10,13,17H,6-9H2,1H3,(H2,15,20). The van der Waals surface area contributed by atoms with Crippen LogP contribution < -0.4 is 5.73 Å². The van der Waals surface area contributed by atoms with Crippen LogP contribution in [-0.2, 0) is 15.8 Å². The molecule has 5 nitrogen and oxygen atoms in total. The molecule has 116 valence electrons. The molecule has 0 aliphatic carbocycles. The van der Waals surface area contributed by atoms with Gasteiger partial charge in [-0.1, -0.05) is 36.5 Å². The highest BCUT2D eigenvalue weighted by molar-refractivity contribution is 7.88. The Labute approximate surface area is 130 Å². The van der Waals surface area contributed by atoms with Crippen LogP contribution in [0.4, 0.5) is 0 Å². The first-order valence-corrected chi connectivity index (χ1v) is 8.86. The molecule has 0 bridgehead atoms. The lowest BCUT2D eigenvalue weighted by Gasteiger charge is -2.17. The molecule has 0 radical (unpaired) electrons. The van der Waals surface area contributed by atoms with E-state index in [4.69, 9.17) is 18.0 Å². The van der Waals surface area contributed by atoms with Gasteiger partial charge in [0, 0.05) is 18.7 Å². The Morgan fingerprint density at radius 2 is 2.10 bits per heavy atom. The molecule has 1 aromatic carbocycles. The molecule has 7 heteroatoms. The average Bonchev–Trinajstić information content (AvgIpc) is 2.89. The summed E-state index contributed by atoms with van der Waals surface area (Å²) in [5.41, 5.74) is 6.94. The molecule has 3 N–H and O–H groups in total. The fraction of sp³-hybridized carbons (Fsp3) is 0.500. The first-order valence-electron chi connectivity index (χ1n) is 6.84. The van der Waals surface area contributed by atoms with E-state index in [9.17, 15) is 13.5 Å². The van der Waals surface area contributed by atoms with E-state index in [2.05, 4.69) is 0 Å². The van der Waals surface area contributed by atoms with Crippen LogP contribution in [-0.4, -0.2) is 42.0 Å². The van der Waals surface area contributed by atoms with Gasteiger partial charge in [-0.25, -0.2) is 12.7 Å². The van der Waals surface area contributed by atoms with Crippen molar-refractivity contribution < 1.29 is 13.5 Å². The van der Waals surface area contributed by atoms with Crippen LogP contribution in [0.15, 0.2) is 24.3 Å². The summed E-state index contributed by atoms with van der Waals surface area (Å²) in [7, 11) is -3.35. The number of nitrogens with zero attached hydrogens (tertiary/aromatic N) is 1. The molecule has 21 heavy (non-hydrogen) atoms. The fourth-order valence-corrected chi connectivity index (χ4v) is 4.20. The van der Waals surface area contributed by atoms with Crippen LogP contribution in [0.2, 0.25) is 0 Å². The maximum absolute atomic E-state index is 12.4. The summed E-state index contributed by atoms with van der Waals surface area (Å²) in [5, 5.41) is 9.56. The zero-order valence-corrected chi connectivity index (χ0v) is 13.5. The molecule has 1 fully saturated rings. The van der Waals surface area contributed by atoms with Crippen molar-refractivity contribution in [2.24, 2.45) is 11.7 Å². The van der Waals surface area contributed by atoms with Gasteiger partial charge in [-0.2, -0.15) is 0 Å². The summed E-state index contributed by atoms with van der Waals surface area (Å²) in [6.07, 6.45) is 0.229. The van der Waals surface area contributed by atoms with E-state index in [1.165, 1.54) is 4.31 Å². The van der Waals surface area contributed by atoms with Gasteiger partial charge in [0.15, 0.2) is 0 Å². The third-order valence-corrected chi connectivity index (χ3v) is 5.90. The molecule has 0 saturated carbocycles. The van der Waals surface area contributed by atoms with Crippen molar-refractivity contribution in [3.05, 3.63) is 35.4 Å². The largest absolute Gasteiger partial charge is 0.393 e. The molecular formula is C14H20N2O3S2. The minimum atomic E-state index is -3.35. The number of thiocarbonyl (C=S) groups is 1. The summed E-state index contributed by atoms with van der Waals surface area (Å²) in [6, 6.07) is 6.92. The number of aliphatic hydroxyl groups excluding tert-OH is 1. The van der Waals surface area contributed by atoms with E-state index in [1.807, 2.05) is 0 Å². The molecule has 0 spiro atoms. The van der Waals surface area contributed by atoms with Crippen LogP contribution in [0.25, 0.3) is 0 Å². The van der Waals surface area contributed by atoms with Crippen LogP contribution in [0.5, 0.6) is 0 Å². The molecule has 0 aromatic heterocycles. The van der Waals surface area contributed by atoms with Crippen molar-refractivity contribution >= 4 is 27.2 Å². The molecule has 2 unspecified atom stereocenters. The molecular weight excluding hydrogens is 308 g/mol. The predicted molar refractivity (Wildman–Crippen MR) is 86.3 cm³/mol. The van der Waals surface area contributed by atoms with Gasteiger partial charge in [0.2, 0.25) is 10.0 Å². The molecule has 1 aromatic rings. The van der Waals surface area contributed by atoms with E-state index in [1.54, 1.807) is 31.2 Å². The van der Waals surface area contributed by atoms with Crippen LogP contribution in [0.3, 0.4) is 0 Å². The number of hydrogen-bond donors (Lipinski definition) is 2. The zero-order valence-electron chi connectivity index (χ0n) is 11.9. The minimum Gasteiger partial charge on any atom is -0.393 e. The van der Waals surface area contributed by atoms with E-state index in [-0.39, 0.29) is 11.7 Å². The molecule has 0 amide bonds. The summed E-state index contributed by atoms with van der Waals surface area (Å²) in [6.45, 7) is 2.57. The third-order valence-electron chi connectivity index (χ3n) is 3.85. The van der Waals surface area contributed by atoms with Gasteiger partial charge in [-0.3, -0.25) is 0 Å². The highest BCUT2D eigenvalue weighted by Crippen LogP contribution is 2.24. The lowest BCUT2D eigenvalue weighted by Crippen LogP contribution is -2.31. The van der Waals surface area contributed by atoms with Crippen molar-refractivity contribution in [1.29, 1.82) is 0 Å². The van der Waals surface area contributed by atoms with Crippen molar-refractivity contribution in [3.63, 3.8) is 0 Å². The minimum absolute atomic E-state index is 0.0248. The van der Waals surface area contributed by atoms with E-state index in [0.717, 1.165) is 5.56 Å². The van der Waals surface area contributed by atoms with Crippen molar-refractivity contribution in [2.75, 3.05) is 13.1 Å². The summed E-state index contributed by atoms with van der Waals surface area (Å²) < 4.78 is 26.2. The van der Waals surface area contributed by atoms with Crippen LogP contribution >= 0.6 is 12.2 Å². The lowest BCUT2D eigenvalue weighted by atomic mass is 10.0. The van der Waals surface area contributed by atoms with Gasteiger partial charge in [0.05, 0.1) is 11.9 Å². The third kappa shape index (κ3) is 4.00. The Morgan fingerprint density at radius 3 is 2.57 bits per heavy atom. The average molecular weight is 328 g/mol. The SMILES string of the molecule is CC(O)C1CCN(S(=O)(=O)Cc2ccc(C(N)=S)cc2)C1. The Balaban J connectivity index is 2.06. The molecule has 1 saturated heterocycles. The first-order chi connectivity index (χ1) is 9.79. The molecule has 1 heterocycles. The van der Waals surface area contributed by atoms with E-state index in [0.29, 0.717) is 30.1 Å². The maximum Gasteiger partial charge on any atom is 0.218 e. The van der Waals surface area contributed by atoms with Gasteiger partial charge in [0.25, 0.3) is 0 Å². The molecule has 1 aliphatic heterocycles. The number of sulfonamides is 1. The number of hydrogen-bond acceptors (Lipinski definition) is 4. The van der Waals surface area contributed by atoms with Crippen molar-refractivity contribution in [3.8, 4) is 0 Å². The second kappa shape index (κ2) is 6.39. The summed E-state index contributed by atoms with van der Waals surface area (Å²) >= 11 is 4.87. The number of rotatable bonds is 5. The van der Waals surface area contributed by atoms with E-state index >= 15 is 0 Å². The Bertz CT molecular complexity index is 612. The zero-order chi connectivity index (χ0) is 15.6. The predicted octanol–water partition coefficient (Wildman–Crippen LogP) is 0.853. The topological polar surface area (TPSA) is 83.6 Å². The second-order valence-electron chi connectivity index (χ2n) is 5.46. The normalized spacial score (nSPS) is 21.3. The highest BCUT2D eigenvalue weighted by atomic mass is 32.2. The first kappa shape index (κ1) is 16.4. The number of aliphatic hydroxyl groups is 1. The van der Waals surface area contributed by atoms with Crippen molar-refractivity contribution in [1.82, 2.24) is 4.31 Å². The Hall–Kier alpha value is -1.02. The van der Waals surface area contributed by atoms with Gasteiger partial charge < -0.3 is 10.8 Å². The lowest BCUT2D eigenvalue weighted by molar-refractivity contribution is 0.133. The van der Waals surface area contributed by atoms with Crippen LogP contribution in [0.1, 0.15) is 24.5 Å². The molecule has 1 aliphatic rings. The Morgan fingerprint density at radius 1 is 1.48 bits per heavy atom. The smallest absolute Gasteiger partial charge is 0.218 e. The van der Waals surface area contributed by atoms with Gasteiger partial charge in [-0.05, 0) is 24.8 Å². The monoisotopic (exact) mass is 328 g/mol. The van der Waals surface area contributed by atoms with Gasteiger partial charge in [-0.15, -0.1) is 0 Å². The maximum atomic E-state index is 12.4. The molecule has 2 atom stereocenters. The number of benzene rings is 1. The molecule has 2 rings (SSSR count). The fourth-order valence-electron chi connectivity index (χ4n) is 2.47. The van der Waals surface area contributed by atoms with Crippen molar-refractivity contribution in [2.45, 2.75) is 25.2 Å². The van der Waals surface area contributed by atoms with Gasteiger partial charge >= 0.3 is 0 Å². The Kier molecular flexibility index (Phi) is 4.98. The summed E-state index contributed by atoms with van der Waals surface area (Å²) in [5.74, 6) is -0.0197. The summed E-state index contributed by atoms with van der Waals surface area (Å²) in [4.78, 5) is 0.295. The highest BCUT2D eigenvalue weighted by Gasteiger charge is 2.33. The quantitative estimate of drug-likeness (QED) is 0.783. The van der Waals surface area contributed by atoms with E-state index < -0.39 is 16.1 Å². The van der Waals surface area contributed by atoms with Crippen LogP contribution in [0, 0.1) is 5.92 Å². The number of nitrogens with two attached hydrogens (primary N) is 1. The second-order valence-corrected chi connectivity index (χ2v) is 7.87. The van der Waals surface area contributed by atoms with Gasteiger partial charge in [0.1, 0.15) is 4.99 Å².